The van der Waals surface area contributed by atoms with Gasteiger partial charge in [-0.2, -0.15) is 0 Å². The van der Waals surface area contributed by atoms with E-state index in [-0.39, 0.29) is 17.6 Å². The number of nitrogens with zero attached hydrogens (tertiary/aromatic N) is 2. The van der Waals surface area contributed by atoms with Crippen molar-refractivity contribution < 1.29 is 14.3 Å². The Labute approximate surface area is 173 Å². The largest absolute Gasteiger partial charge is 0.388 e. The van der Waals surface area contributed by atoms with Gasteiger partial charge in [0, 0.05) is 24.9 Å². The molecule has 0 aliphatic carbocycles. The van der Waals surface area contributed by atoms with E-state index < -0.39 is 6.10 Å². The van der Waals surface area contributed by atoms with Crippen LogP contribution in [0.5, 0.6) is 0 Å². The van der Waals surface area contributed by atoms with Gasteiger partial charge in [-0.25, -0.2) is 9.37 Å². The van der Waals surface area contributed by atoms with Crippen LogP contribution in [0.4, 0.5) is 4.39 Å². The van der Waals surface area contributed by atoms with Gasteiger partial charge in [0.15, 0.2) is 0 Å². The van der Waals surface area contributed by atoms with Gasteiger partial charge < -0.3 is 10.0 Å². The van der Waals surface area contributed by atoms with Crippen LogP contribution in [-0.4, -0.2) is 34.0 Å². The van der Waals surface area contributed by atoms with Gasteiger partial charge in [-0.3, -0.25) is 4.79 Å². The second kappa shape index (κ2) is 8.84. The molecule has 1 fully saturated rings. The van der Waals surface area contributed by atoms with E-state index in [1.807, 2.05) is 35.2 Å². The summed E-state index contributed by atoms with van der Waals surface area (Å²) in [6, 6.07) is 16.0. The van der Waals surface area contributed by atoms with Gasteiger partial charge in [0.1, 0.15) is 11.5 Å². The highest BCUT2D eigenvalue weighted by atomic mass is 32.1. The lowest BCUT2D eigenvalue weighted by molar-refractivity contribution is 0.0459. The number of thiazole rings is 1. The van der Waals surface area contributed by atoms with E-state index in [1.54, 1.807) is 17.5 Å². The first-order chi connectivity index (χ1) is 14.1. The molecule has 6 heteroatoms. The van der Waals surface area contributed by atoms with Crippen molar-refractivity contribution in [2.75, 3.05) is 13.1 Å². The minimum Gasteiger partial charge on any atom is -0.388 e. The molecule has 4 nitrogen and oxygen atoms in total. The van der Waals surface area contributed by atoms with Gasteiger partial charge >= 0.3 is 0 Å². The summed E-state index contributed by atoms with van der Waals surface area (Å²) >= 11 is 1.45. The fourth-order valence-corrected chi connectivity index (χ4v) is 4.57. The molecule has 0 saturated carbocycles. The molecule has 0 radical (unpaired) electrons. The fraction of sp³-hybridized carbons (Fsp3) is 0.304. The van der Waals surface area contributed by atoms with Crippen molar-refractivity contribution in [1.29, 1.82) is 0 Å². The molecule has 1 atom stereocenters. The maximum Gasteiger partial charge on any atom is 0.273 e. The Bertz CT molecular complexity index is 951. The Balaban J connectivity index is 1.34. The number of likely N-dealkylation sites (tertiary alicyclic amines) is 1. The van der Waals surface area contributed by atoms with Crippen LogP contribution in [0.2, 0.25) is 0 Å². The standard InChI is InChI=1S/C23H23FN2O2S/c24-19-8-6-16(7-9-19)14-21-25-20(15-29-21)23(28)26-12-10-18(11-13-26)22(27)17-4-2-1-3-5-17/h1-9,15,18,22,27H,10-14H2. The smallest absolute Gasteiger partial charge is 0.273 e. The number of hydrogen-bond donors (Lipinski definition) is 1. The van der Waals surface area contributed by atoms with Crippen LogP contribution in [0.3, 0.4) is 0 Å². The van der Waals surface area contributed by atoms with Crippen molar-refractivity contribution in [3.8, 4) is 0 Å². The highest BCUT2D eigenvalue weighted by Gasteiger charge is 2.29. The van der Waals surface area contributed by atoms with Crippen LogP contribution in [0.15, 0.2) is 60.0 Å². The quantitative estimate of drug-likeness (QED) is 0.676. The molecule has 1 amide bonds. The van der Waals surface area contributed by atoms with Crippen molar-refractivity contribution in [3.63, 3.8) is 0 Å². The van der Waals surface area contributed by atoms with Crippen LogP contribution in [0.1, 0.15) is 45.6 Å². The molecule has 2 aromatic carbocycles. The van der Waals surface area contributed by atoms with Crippen molar-refractivity contribution in [2.45, 2.75) is 25.4 Å². The molecule has 0 spiro atoms. The summed E-state index contributed by atoms with van der Waals surface area (Å²) in [5.74, 6) is -0.158. The average Bonchev–Trinajstić information content (AvgIpc) is 3.23. The van der Waals surface area contributed by atoms with Crippen molar-refractivity contribution >= 4 is 17.2 Å². The Morgan fingerprint density at radius 2 is 1.83 bits per heavy atom. The average molecular weight is 411 g/mol. The summed E-state index contributed by atoms with van der Waals surface area (Å²) in [6.45, 7) is 1.25. The molecular formula is C23H23FN2O2S. The van der Waals surface area contributed by atoms with E-state index in [0.29, 0.717) is 25.2 Å². The zero-order valence-electron chi connectivity index (χ0n) is 16.0. The molecule has 4 rings (SSSR count). The van der Waals surface area contributed by atoms with Crippen molar-refractivity contribution in [3.05, 3.63) is 87.6 Å². The Morgan fingerprint density at radius 3 is 2.52 bits per heavy atom. The molecule has 1 aliphatic rings. The number of aliphatic hydroxyl groups is 1. The molecule has 1 aromatic heterocycles. The lowest BCUT2D eigenvalue weighted by Gasteiger charge is -2.34. The number of aliphatic hydroxyl groups excluding tert-OH is 1. The van der Waals surface area contributed by atoms with Gasteiger partial charge in [0.2, 0.25) is 0 Å². The maximum atomic E-state index is 13.0. The van der Waals surface area contributed by atoms with E-state index in [1.165, 1.54) is 23.5 Å². The first-order valence-corrected chi connectivity index (χ1v) is 10.7. The molecule has 0 bridgehead atoms. The van der Waals surface area contributed by atoms with E-state index in [4.69, 9.17) is 0 Å². The van der Waals surface area contributed by atoms with Crippen LogP contribution in [0, 0.1) is 11.7 Å². The Hall–Kier alpha value is -2.57. The topological polar surface area (TPSA) is 53.4 Å². The van der Waals surface area contributed by atoms with Crippen LogP contribution >= 0.6 is 11.3 Å². The predicted molar refractivity (Wildman–Crippen MR) is 111 cm³/mol. The highest BCUT2D eigenvalue weighted by molar-refractivity contribution is 7.09. The van der Waals surface area contributed by atoms with E-state index >= 15 is 0 Å². The number of piperidine rings is 1. The minimum atomic E-state index is -0.491. The van der Waals surface area contributed by atoms with Crippen LogP contribution in [0.25, 0.3) is 0 Å². The SMILES string of the molecule is O=C(c1csc(Cc2ccc(F)cc2)n1)N1CCC(C(O)c2ccccc2)CC1. The number of aromatic nitrogens is 1. The van der Waals surface area contributed by atoms with Gasteiger partial charge in [-0.15, -0.1) is 11.3 Å². The zero-order chi connectivity index (χ0) is 20.2. The monoisotopic (exact) mass is 410 g/mol. The van der Waals surface area contributed by atoms with E-state index in [9.17, 15) is 14.3 Å². The third kappa shape index (κ3) is 4.71. The summed E-state index contributed by atoms with van der Waals surface area (Å²) in [6.07, 6.45) is 1.64. The summed E-state index contributed by atoms with van der Waals surface area (Å²) in [7, 11) is 0. The first-order valence-electron chi connectivity index (χ1n) is 9.81. The number of halogens is 1. The van der Waals surface area contributed by atoms with Gasteiger partial charge in [-0.05, 0) is 42.0 Å². The van der Waals surface area contributed by atoms with Crippen molar-refractivity contribution in [2.24, 2.45) is 5.92 Å². The highest BCUT2D eigenvalue weighted by Crippen LogP contribution is 2.31. The summed E-state index contributed by atoms with van der Waals surface area (Å²) < 4.78 is 13.0. The molecule has 150 valence electrons. The molecule has 29 heavy (non-hydrogen) atoms. The van der Waals surface area contributed by atoms with E-state index in [2.05, 4.69) is 4.98 Å². The third-order valence-corrected chi connectivity index (χ3v) is 6.30. The summed E-state index contributed by atoms with van der Waals surface area (Å²) in [5, 5.41) is 13.2. The molecule has 1 N–H and O–H groups in total. The molecule has 2 heterocycles. The van der Waals surface area contributed by atoms with E-state index in [0.717, 1.165) is 29.0 Å². The lowest BCUT2D eigenvalue weighted by atomic mass is 9.87. The lowest BCUT2D eigenvalue weighted by Crippen LogP contribution is -2.40. The number of carbonyl (C=O) groups is 1. The maximum absolute atomic E-state index is 13.0. The van der Waals surface area contributed by atoms with Gasteiger partial charge in [0.05, 0.1) is 11.1 Å². The van der Waals surface area contributed by atoms with Gasteiger partial charge in [-0.1, -0.05) is 42.5 Å². The summed E-state index contributed by atoms with van der Waals surface area (Å²) in [5.41, 5.74) is 2.37. The molecule has 1 unspecified atom stereocenters. The number of hydrogen-bond acceptors (Lipinski definition) is 4. The van der Waals surface area contributed by atoms with Gasteiger partial charge in [0.25, 0.3) is 5.91 Å². The fourth-order valence-electron chi connectivity index (χ4n) is 3.77. The normalized spacial score (nSPS) is 16.0. The minimum absolute atomic E-state index is 0.0562. The number of carbonyl (C=O) groups excluding carboxylic acids is 1. The number of benzene rings is 2. The summed E-state index contributed by atoms with van der Waals surface area (Å²) in [4.78, 5) is 19.1. The van der Waals surface area contributed by atoms with Crippen LogP contribution in [-0.2, 0) is 6.42 Å². The molecule has 1 aliphatic heterocycles. The van der Waals surface area contributed by atoms with Crippen LogP contribution < -0.4 is 0 Å². The predicted octanol–water partition coefficient (Wildman–Crippen LogP) is 4.46. The third-order valence-electron chi connectivity index (χ3n) is 5.45. The molecular weight excluding hydrogens is 387 g/mol. The van der Waals surface area contributed by atoms with Crippen molar-refractivity contribution in [1.82, 2.24) is 9.88 Å². The number of amides is 1. The second-order valence-electron chi connectivity index (χ2n) is 7.41. The molecule has 1 saturated heterocycles. The first kappa shape index (κ1) is 19.7. The zero-order valence-corrected chi connectivity index (χ0v) is 16.8. The second-order valence-corrected chi connectivity index (χ2v) is 8.36. The Morgan fingerprint density at radius 1 is 1.14 bits per heavy atom. The Kier molecular flexibility index (Phi) is 6.02. The molecule has 3 aromatic rings. The number of rotatable bonds is 5.